The van der Waals surface area contributed by atoms with Crippen molar-refractivity contribution in [1.29, 1.82) is 0 Å². The summed E-state index contributed by atoms with van der Waals surface area (Å²) in [5.74, 6) is 0.859. The summed E-state index contributed by atoms with van der Waals surface area (Å²) in [5.41, 5.74) is 0.367. The van der Waals surface area contributed by atoms with E-state index in [1.807, 2.05) is 12.1 Å². The molecule has 32 heavy (non-hydrogen) atoms. The van der Waals surface area contributed by atoms with E-state index >= 15 is 0 Å². The van der Waals surface area contributed by atoms with Gasteiger partial charge in [-0.1, -0.05) is 18.2 Å². The molecule has 2 aromatic rings. The van der Waals surface area contributed by atoms with Crippen molar-refractivity contribution in [3.05, 3.63) is 59.7 Å². The summed E-state index contributed by atoms with van der Waals surface area (Å²) in [7, 11) is 0. The fourth-order valence-corrected chi connectivity index (χ4v) is 5.06. The van der Waals surface area contributed by atoms with Gasteiger partial charge in [0.15, 0.2) is 4.90 Å². The lowest BCUT2D eigenvalue weighted by atomic mass is 10.1. The van der Waals surface area contributed by atoms with E-state index in [2.05, 4.69) is 21.8 Å². The Labute approximate surface area is 189 Å². The standard InChI is InChI=1S/C23H27F3N2O3S/c24-23(25,26)18-2-1-3-22(14-18)32(29)27-19-8-11-28(16-19)15-17-4-6-20(7-5-17)31-21-9-12-30-13-10-21/h1-7,14,19,21,27H,8-13,15-16H2/t19-,32+/m1/s1. The monoisotopic (exact) mass is 468 g/mol. The zero-order chi connectivity index (χ0) is 22.6. The molecule has 5 nitrogen and oxygen atoms in total. The molecule has 0 spiro atoms. The Kier molecular flexibility index (Phi) is 7.63. The first-order valence-electron chi connectivity index (χ1n) is 10.8. The average molecular weight is 469 g/mol. The fourth-order valence-electron chi connectivity index (χ4n) is 4.00. The van der Waals surface area contributed by atoms with Crippen LogP contribution in [0.2, 0.25) is 0 Å². The van der Waals surface area contributed by atoms with Gasteiger partial charge in [0.25, 0.3) is 0 Å². The molecule has 0 saturated carbocycles. The van der Waals surface area contributed by atoms with Crippen molar-refractivity contribution in [3.8, 4) is 5.75 Å². The molecule has 9 heteroatoms. The zero-order valence-electron chi connectivity index (χ0n) is 17.6. The minimum Gasteiger partial charge on any atom is -0.593 e. The maximum Gasteiger partial charge on any atom is 0.416 e. The molecule has 1 N–H and O–H groups in total. The summed E-state index contributed by atoms with van der Waals surface area (Å²) in [5, 5.41) is 0. The molecule has 174 valence electrons. The Morgan fingerprint density at radius 2 is 1.84 bits per heavy atom. The first-order valence-corrected chi connectivity index (χ1v) is 11.9. The van der Waals surface area contributed by atoms with Crippen LogP contribution in [-0.2, 0) is 28.8 Å². The van der Waals surface area contributed by atoms with Gasteiger partial charge in [-0.2, -0.15) is 13.2 Å². The Balaban J connectivity index is 1.25. The highest BCUT2D eigenvalue weighted by Crippen LogP contribution is 2.30. The van der Waals surface area contributed by atoms with Crippen molar-refractivity contribution < 1.29 is 27.2 Å². The number of likely N-dealkylation sites (tertiary alicyclic amines) is 1. The summed E-state index contributed by atoms with van der Waals surface area (Å²) in [4.78, 5) is 2.38. The van der Waals surface area contributed by atoms with Gasteiger partial charge in [-0.05, 0) is 36.2 Å². The summed E-state index contributed by atoms with van der Waals surface area (Å²) >= 11 is -1.69. The highest BCUT2D eigenvalue weighted by atomic mass is 32.2. The Morgan fingerprint density at radius 1 is 1.09 bits per heavy atom. The van der Waals surface area contributed by atoms with Crippen LogP contribution >= 0.6 is 0 Å². The van der Waals surface area contributed by atoms with E-state index in [-0.39, 0.29) is 17.0 Å². The van der Waals surface area contributed by atoms with Crippen LogP contribution < -0.4 is 9.46 Å². The number of ether oxygens (including phenoxy) is 2. The van der Waals surface area contributed by atoms with Crippen LogP contribution in [0.5, 0.6) is 5.75 Å². The van der Waals surface area contributed by atoms with Crippen molar-refractivity contribution in [3.63, 3.8) is 0 Å². The molecule has 2 aliphatic rings. The van der Waals surface area contributed by atoms with Crippen LogP contribution in [0.4, 0.5) is 13.2 Å². The van der Waals surface area contributed by atoms with Crippen molar-refractivity contribution in [1.82, 2.24) is 9.62 Å². The third kappa shape index (κ3) is 6.39. The smallest absolute Gasteiger partial charge is 0.416 e. The molecular formula is C23H27F3N2O3S. The van der Waals surface area contributed by atoms with E-state index < -0.39 is 23.1 Å². The maximum atomic E-state index is 12.9. The first kappa shape index (κ1) is 23.4. The van der Waals surface area contributed by atoms with Crippen LogP contribution in [0.15, 0.2) is 53.4 Å². The van der Waals surface area contributed by atoms with E-state index in [1.165, 1.54) is 12.1 Å². The number of benzene rings is 2. The Bertz CT molecular complexity index is 876. The van der Waals surface area contributed by atoms with E-state index in [1.54, 1.807) is 0 Å². The fraction of sp³-hybridized carbons (Fsp3) is 0.478. The minimum atomic E-state index is -4.45. The number of halogens is 3. The van der Waals surface area contributed by atoms with Gasteiger partial charge in [0.2, 0.25) is 0 Å². The predicted molar refractivity (Wildman–Crippen MR) is 116 cm³/mol. The summed E-state index contributed by atoms with van der Waals surface area (Å²) < 4.78 is 65.6. The molecule has 2 saturated heterocycles. The second kappa shape index (κ2) is 10.4. The first-order chi connectivity index (χ1) is 15.4. The number of nitrogens with one attached hydrogen (secondary N) is 1. The molecular weight excluding hydrogens is 441 g/mol. The Hall–Kier alpha value is -1.78. The molecule has 0 aliphatic carbocycles. The van der Waals surface area contributed by atoms with Gasteiger partial charge in [-0.15, -0.1) is 4.72 Å². The summed E-state index contributed by atoms with van der Waals surface area (Å²) in [6.07, 6.45) is -1.64. The van der Waals surface area contributed by atoms with Gasteiger partial charge in [0, 0.05) is 38.5 Å². The van der Waals surface area contributed by atoms with Crippen LogP contribution in [0.3, 0.4) is 0 Å². The average Bonchev–Trinajstić information content (AvgIpc) is 3.22. The van der Waals surface area contributed by atoms with E-state index in [4.69, 9.17) is 9.47 Å². The highest BCUT2D eigenvalue weighted by molar-refractivity contribution is 7.89. The highest BCUT2D eigenvalue weighted by Gasteiger charge is 2.33. The van der Waals surface area contributed by atoms with E-state index in [0.717, 1.165) is 69.0 Å². The molecule has 2 aromatic carbocycles. The van der Waals surface area contributed by atoms with Gasteiger partial charge in [0.05, 0.1) is 36.2 Å². The van der Waals surface area contributed by atoms with Crippen molar-refractivity contribution >= 4 is 11.4 Å². The number of nitrogens with zero attached hydrogens (tertiary/aromatic N) is 1. The SMILES string of the molecule is [O-][S@+](N[C@@H]1CCN(Cc2ccc(OC3CCOCC3)cc2)C1)c1cccc(C(F)(F)F)c1. The Morgan fingerprint density at radius 3 is 2.56 bits per heavy atom. The zero-order valence-corrected chi connectivity index (χ0v) is 18.5. The number of hydrogen-bond donors (Lipinski definition) is 1. The second-order valence-electron chi connectivity index (χ2n) is 8.21. The summed E-state index contributed by atoms with van der Waals surface area (Å²) in [6.45, 7) is 3.76. The lowest BCUT2D eigenvalue weighted by Crippen LogP contribution is -2.37. The second-order valence-corrected chi connectivity index (χ2v) is 9.45. The van der Waals surface area contributed by atoms with Crippen LogP contribution in [0, 0.1) is 0 Å². The molecule has 4 rings (SSSR count). The largest absolute Gasteiger partial charge is 0.593 e. The number of alkyl halides is 3. The van der Waals surface area contributed by atoms with Gasteiger partial charge < -0.3 is 14.0 Å². The van der Waals surface area contributed by atoms with E-state index in [0.29, 0.717) is 6.54 Å². The van der Waals surface area contributed by atoms with Gasteiger partial charge in [0.1, 0.15) is 11.9 Å². The lowest BCUT2D eigenvalue weighted by Gasteiger charge is -2.23. The van der Waals surface area contributed by atoms with E-state index in [9.17, 15) is 17.7 Å². The molecule has 0 unspecified atom stereocenters. The van der Waals surface area contributed by atoms with Gasteiger partial charge in [-0.3, -0.25) is 4.90 Å². The quantitative estimate of drug-likeness (QED) is 0.619. The maximum absolute atomic E-state index is 12.9. The molecule has 0 aromatic heterocycles. The van der Waals surface area contributed by atoms with Crippen molar-refractivity contribution in [2.45, 2.75) is 49.0 Å². The lowest BCUT2D eigenvalue weighted by molar-refractivity contribution is -0.137. The number of hydrogen-bond acceptors (Lipinski definition) is 5. The molecule has 2 aliphatic heterocycles. The molecule has 0 radical (unpaired) electrons. The molecule has 0 amide bonds. The minimum absolute atomic E-state index is 0.0403. The van der Waals surface area contributed by atoms with Gasteiger partial charge in [-0.25, -0.2) is 0 Å². The van der Waals surface area contributed by atoms with Crippen LogP contribution in [0.25, 0.3) is 0 Å². The predicted octanol–water partition coefficient (Wildman–Crippen LogP) is 4.15. The van der Waals surface area contributed by atoms with Crippen LogP contribution in [-0.4, -0.2) is 47.9 Å². The van der Waals surface area contributed by atoms with Crippen molar-refractivity contribution in [2.75, 3.05) is 26.3 Å². The number of rotatable bonds is 7. The van der Waals surface area contributed by atoms with Crippen LogP contribution in [0.1, 0.15) is 30.4 Å². The molecule has 0 bridgehead atoms. The normalized spacial score (nSPS) is 21.6. The third-order valence-electron chi connectivity index (χ3n) is 5.72. The summed E-state index contributed by atoms with van der Waals surface area (Å²) in [6, 6.07) is 12.7. The molecule has 2 atom stereocenters. The van der Waals surface area contributed by atoms with Gasteiger partial charge >= 0.3 is 6.18 Å². The van der Waals surface area contributed by atoms with Crippen molar-refractivity contribution in [2.24, 2.45) is 0 Å². The topological polar surface area (TPSA) is 56.8 Å². The molecule has 2 fully saturated rings. The molecule has 2 heterocycles. The third-order valence-corrected chi connectivity index (χ3v) is 6.95.